The van der Waals surface area contributed by atoms with E-state index in [0.29, 0.717) is 15.8 Å². The highest BCUT2D eigenvalue weighted by molar-refractivity contribution is 5.88. The van der Waals surface area contributed by atoms with Crippen LogP contribution >= 0.6 is 0 Å². The molecule has 0 fully saturated rings. The van der Waals surface area contributed by atoms with Gasteiger partial charge in [0.25, 0.3) is 5.56 Å². The zero-order valence-corrected chi connectivity index (χ0v) is 11.5. The molecule has 0 amide bonds. The molecule has 0 aliphatic heterocycles. The van der Waals surface area contributed by atoms with Crippen molar-refractivity contribution in [1.29, 1.82) is 0 Å². The molecule has 5 nitrogen and oxygen atoms in total. The summed E-state index contributed by atoms with van der Waals surface area (Å²) >= 11 is 0. The Morgan fingerprint density at radius 1 is 1.19 bits per heavy atom. The van der Waals surface area contributed by atoms with Gasteiger partial charge in [0.2, 0.25) is 0 Å². The number of fused-ring (bicyclic) bond motifs is 1. The van der Waals surface area contributed by atoms with Crippen LogP contribution in [-0.2, 0) is 0 Å². The van der Waals surface area contributed by atoms with E-state index in [1.165, 1.54) is 6.07 Å². The minimum absolute atomic E-state index is 0.0311. The monoisotopic (exact) mass is 281 g/mol. The lowest BCUT2D eigenvalue weighted by Gasteiger charge is -2.17. The lowest BCUT2D eigenvalue weighted by atomic mass is 10.1. The fourth-order valence-corrected chi connectivity index (χ4v) is 2.32. The van der Waals surface area contributed by atoms with Gasteiger partial charge in [0.1, 0.15) is 0 Å². The molecule has 1 atom stereocenters. The molecule has 0 aliphatic carbocycles. The van der Waals surface area contributed by atoms with E-state index in [4.69, 9.17) is 0 Å². The number of hydrogen-bond acceptors (Lipinski definition) is 4. The first-order valence-electron chi connectivity index (χ1n) is 6.68. The first kappa shape index (κ1) is 13.2. The Hall–Kier alpha value is -2.82. The Bertz CT molecular complexity index is 828. The van der Waals surface area contributed by atoms with Crippen molar-refractivity contribution < 1.29 is 5.21 Å². The highest BCUT2D eigenvalue weighted by Gasteiger charge is 2.11. The third-order valence-corrected chi connectivity index (χ3v) is 3.43. The highest BCUT2D eigenvalue weighted by atomic mass is 16.5. The maximum Gasteiger partial charge on any atom is 0.286 e. The molecule has 3 rings (SSSR count). The Morgan fingerprint density at radius 3 is 2.71 bits per heavy atom. The van der Waals surface area contributed by atoms with E-state index in [9.17, 15) is 10.0 Å². The van der Waals surface area contributed by atoms with Crippen molar-refractivity contribution in [3.05, 3.63) is 70.6 Å². The molecule has 0 saturated heterocycles. The zero-order chi connectivity index (χ0) is 14.8. The summed E-state index contributed by atoms with van der Waals surface area (Å²) in [5.41, 5.74) is 1.50. The second-order valence-corrected chi connectivity index (χ2v) is 4.86. The summed E-state index contributed by atoms with van der Waals surface area (Å²) in [7, 11) is 0. The van der Waals surface area contributed by atoms with Gasteiger partial charge in [-0.05, 0) is 24.6 Å². The SMILES string of the molecule is C[C@H](Nc1cc(=O)n(O)c2ncccc12)c1ccccc1. The number of benzene rings is 1. The first-order valence-corrected chi connectivity index (χ1v) is 6.68. The van der Waals surface area contributed by atoms with Gasteiger partial charge >= 0.3 is 0 Å². The van der Waals surface area contributed by atoms with Gasteiger partial charge in [-0.25, -0.2) is 4.98 Å². The number of nitrogens with one attached hydrogen (secondary N) is 1. The van der Waals surface area contributed by atoms with Crippen LogP contribution in [0.3, 0.4) is 0 Å². The molecule has 1 aromatic carbocycles. The van der Waals surface area contributed by atoms with Crippen molar-refractivity contribution >= 4 is 16.7 Å². The minimum Gasteiger partial charge on any atom is -0.423 e. The fraction of sp³-hybridized carbons (Fsp3) is 0.125. The summed E-state index contributed by atoms with van der Waals surface area (Å²) in [4.78, 5) is 15.9. The van der Waals surface area contributed by atoms with Crippen LogP contribution in [0.25, 0.3) is 11.0 Å². The lowest BCUT2D eigenvalue weighted by molar-refractivity contribution is 0.187. The molecule has 2 aromatic heterocycles. The van der Waals surface area contributed by atoms with Gasteiger partial charge in [0.15, 0.2) is 5.65 Å². The quantitative estimate of drug-likeness (QED) is 0.724. The van der Waals surface area contributed by atoms with E-state index < -0.39 is 5.56 Å². The van der Waals surface area contributed by atoms with Crippen LogP contribution in [-0.4, -0.2) is 14.9 Å². The van der Waals surface area contributed by atoms with Crippen molar-refractivity contribution in [3.63, 3.8) is 0 Å². The second-order valence-electron chi connectivity index (χ2n) is 4.86. The molecular weight excluding hydrogens is 266 g/mol. The lowest BCUT2D eigenvalue weighted by Crippen LogP contribution is -2.20. The molecule has 0 unspecified atom stereocenters. The largest absolute Gasteiger partial charge is 0.423 e. The van der Waals surface area contributed by atoms with E-state index >= 15 is 0 Å². The van der Waals surface area contributed by atoms with Gasteiger partial charge in [-0.3, -0.25) is 4.79 Å². The van der Waals surface area contributed by atoms with Crippen LogP contribution in [0.5, 0.6) is 0 Å². The van der Waals surface area contributed by atoms with Crippen molar-refractivity contribution in [2.24, 2.45) is 0 Å². The topological polar surface area (TPSA) is 67.2 Å². The Labute approximate surface area is 121 Å². The van der Waals surface area contributed by atoms with Crippen molar-refractivity contribution in [2.75, 3.05) is 5.32 Å². The van der Waals surface area contributed by atoms with Crippen LogP contribution in [0.15, 0.2) is 59.5 Å². The Balaban J connectivity index is 2.05. The Kier molecular flexibility index (Phi) is 3.31. The zero-order valence-electron chi connectivity index (χ0n) is 11.5. The van der Waals surface area contributed by atoms with Crippen LogP contribution in [0.4, 0.5) is 5.69 Å². The third kappa shape index (κ3) is 2.45. The van der Waals surface area contributed by atoms with Crippen molar-refractivity contribution in [2.45, 2.75) is 13.0 Å². The molecule has 3 aromatic rings. The average molecular weight is 281 g/mol. The van der Waals surface area contributed by atoms with E-state index in [2.05, 4.69) is 10.3 Å². The molecule has 0 bridgehead atoms. The van der Waals surface area contributed by atoms with Crippen molar-refractivity contribution in [3.8, 4) is 0 Å². The van der Waals surface area contributed by atoms with E-state index in [-0.39, 0.29) is 11.7 Å². The number of pyridine rings is 2. The molecule has 2 heterocycles. The molecule has 21 heavy (non-hydrogen) atoms. The molecule has 106 valence electrons. The van der Waals surface area contributed by atoms with Crippen LogP contribution < -0.4 is 10.9 Å². The molecule has 0 saturated carbocycles. The second kappa shape index (κ2) is 5.28. The van der Waals surface area contributed by atoms with Gasteiger partial charge in [0.05, 0.1) is 5.69 Å². The summed E-state index contributed by atoms with van der Waals surface area (Å²) in [6.07, 6.45) is 1.54. The highest BCUT2D eigenvalue weighted by Crippen LogP contribution is 2.24. The van der Waals surface area contributed by atoms with E-state index in [1.54, 1.807) is 12.3 Å². The van der Waals surface area contributed by atoms with Gasteiger partial charge < -0.3 is 10.5 Å². The first-order chi connectivity index (χ1) is 10.2. The van der Waals surface area contributed by atoms with Gasteiger partial charge in [-0.1, -0.05) is 30.3 Å². The summed E-state index contributed by atoms with van der Waals surface area (Å²) in [5, 5.41) is 13.7. The van der Waals surface area contributed by atoms with Gasteiger partial charge in [-0.2, -0.15) is 0 Å². The predicted molar refractivity (Wildman–Crippen MR) is 81.7 cm³/mol. The number of hydrogen-bond donors (Lipinski definition) is 2. The summed E-state index contributed by atoms with van der Waals surface area (Å²) < 4.78 is 0.563. The molecule has 0 aliphatic rings. The maximum atomic E-state index is 11.8. The predicted octanol–water partition coefficient (Wildman–Crippen LogP) is 2.81. The molecule has 0 radical (unpaired) electrons. The molecule has 5 heteroatoms. The van der Waals surface area contributed by atoms with Gasteiger partial charge in [0, 0.05) is 23.7 Å². The minimum atomic E-state index is -0.510. The van der Waals surface area contributed by atoms with Crippen LogP contribution in [0.2, 0.25) is 0 Å². The molecule has 2 N–H and O–H groups in total. The van der Waals surface area contributed by atoms with E-state index in [0.717, 1.165) is 5.56 Å². The van der Waals surface area contributed by atoms with Crippen molar-refractivity contribution in [1.82, 2.24) is 9.71 Å². The average Bonchev–Trinajstić information content (AvgIpc) is 2.53. The Morgan fingerprint density at radius 2 is 1.95 bits per heavy atom. The third-order valence-electron chi connectivity index (χ3n) is 3.43. The summed E-state index contributed by atoms with van der Waals surface area (Å²) in [6, 6.07) is 14.9. The standard InChI is InChI=1S/C16H15N3O2/c1-11(12-6-3-2-4-7-12)18-14-10-15(20)19(21)16-13(14)8-5-9-17-16/h2-11,18,21H,1H3/t11-/m0/s1. The molecule has 0 spiro atoms. The molecular formula is C16H15N3O2. The number of anilines is 1. The smallest absolute Gasteiger partial charge is 0.286 e. The number of rotatable bonds is 3. The fourth-order valence-electron chi connectivity index (χ4n) is 2.32. The maximum absolute atomic E-state index is 11.8. The van der Waals surface area contributed by atoms with E-state index in [1.807, 2.05) is 43.3 Å². The normalized spacial score (nSPS) is 12.2. The van der Waals surface area contributed by atoms with Gasteiger partial charge in [-0.15, -0.1) is 4.73 Å². The summed E-state index contributed by atoms with van der Waals surface area (Å²) in [6.45, 7) is 2.02. The number of nitrogens with zero attached hydrogens (tertiary/aromatic N) is 2. The van der Waals surface area contributed by atoms with Crippen LogP contribution in [0.1, 0.15) is 18.5 Å². The summed E-state index contributed by atoms with van der Waals surface area (Å²) in [5.74, 6) is 0. The van der Waals surface area contributed by atoms with Crippen LogP contribution in [0, 0.1) is 0 Å². The number of aromatic nitrogens is 2.